The van der Waals surface area contributed by atoms with E-state index >= 15 is 0 Å². The number of nitriles is 1. The Kier molecular flexibility index (Phi) is 3.70. The quantitative estimate of drug-likeness (QED) is 0.604. The van der Waals surface area contributed by atoms with E-state index in [0.717, 1.165) is 18.7 Å². The minimum absolute atomic E-state index is 0.0296. The van der Waals surface area contributed by atoms with Crippen LogP contribution in [0.15, 0.2) is 18.2 Å². The molecule has 0 bridgehead atoms. The minimum Gasteiger partial charge on any atom is -0.367 e. The number of nitro benzene ring substituents is 1. The van der Waals surface area contributed by atoms with Crippen molar-refractivity contribution in [2.24, 2.45) is 5.92 Å². The van der Waals surface area contributed by atoms with E-state index in [9.17, 15) is 15.4 Å². The SMILES string of the molecule is CC1CCC(C)N(c2ccc([N+](=O)[O-])cc2C#N)C1. The van der Waals surface area contributed by atoms with E-state index < -0.39 is 4.92 Å². The lowest BCUT2D eigenvalue weighted by atomic mass is 9.94. The van der Waals surface area contributed by atoms with Gasteiger partial charge in [0.15, 0.2) is 0 Å². The average Bonchev–Trinajstić information content (AvgIpc) is 2.40. The molecule has 2 unspecified atom stereocenters. The van der Waals surface area contributed by atoms with Gasteiger partial charge in [0.1, 0.15) is 6.07 Å². The average molecular weight is 259 g/mol. The summed E-state index contributed by atoms with van der Waals surface area (Å²) in [5, 5.41) is 20.0. The molecule has 1 heterocycles. The van der Waals surface area contributed by atoms with Crippen molar-refractivity contribution in [1.82, 2.24) is 0 Å². The zero-order valence-electron chi connectivity index (χ0n) is 11.2. The van der Waals surface area contributed by atoms with Crippen LogP contribution in [0.4, 0.5) is 11.4 Å². The maximum Gasteiger partial charge on any atom is 0.270 e. The van der Waals surface area contributed by atoms with E-state index in [1.807, 2.05) is 0 Å². The van der Waals surface area contributed by atoms with Crippen LogP contribution in [0.3, 0.4) is 0 Å². The Morgan fingerprint density at radius 2 is 2.16 bits per heavy atom. The van der Waals surface area contributed by atoms with Gasteiger partial charge in [-0.3, -0.25) is 10.1 Å². The Morgan fingerprint density at radius 1 is 1.42 bits per heavy atom. The van der Waals surface area contributed by atoms with E-state index in [0.29, 0.717) is 17.5 Å². The third kappa shape index (κ3) is 2.68. The lowest BCUT2D eigenvalue weighted by Gasteiger charge is -2.39. The summed E-state index contributed by atoms with van der Waals surface area (Å²) in [5.41, 5.74) is 1.17. The molecule has 5 heteroatoms. The summed E-state index contributed by atoms with van der Waals surface area (Å²) < 4.78 is 0. The fourth-order valence-corrected chi connectivity index (χ4v) is 2.60. The summed E-state index contributed by atoms with van der Waals surface area (Å²) in [6.45, 7) is 5.22. The van der Waals surface area contributed by atoms with Gasteiger partial charge in [0, 0.05) is 24.7 Å². The van der Waals surface area contributed by atoms with Gasteiger partial charge in [0.25, 0.3) is 5.69 Å². The van der Waals surface area contributed by atoms with Gasteiger partial charge in [-0.2, -0.15) is 5.26 Å². The lowest BCUT2D eigenvalue weighted by Crippen LogP contribution is -2.41. The van der Waals surface area contributed by atoms with Gasteiger partial charge in [-0.05, 0) is 31.7 Å². The Hall–Kier alpha value is -2.09. The largest absolute Gasteiger partial charge is 0.367 e. The van der Waals surface area contributed by atoms with Gasteiger partial charge in [-0.1, -0.05) is 6.92 Å². The minimum atomic E-state index is -0.465. The van der Waals surface area contributed by atoms with Crippen molar-refractivity contribution < 1.29 is 4.92 Å². The number of non-ortho nitro benzene ring substituents is 1. The molecule has 2 atom stereocenters. The molecular weight excluding hydrogens is 242 g/mol. The molecule has 0 radical (unpaired) electrons. The number of benzene rings is 1. The predicted molar refractivity (Wildman–Crippen MR) is 73.0 cm³/mol. The fourth-order valence-electron chi connectivity index (χ4n) is 2.60. The summed E-state index contributed by atoms with van der Waals surface area (Å²) in [4.78, 5) is 12.5. The van der Waals surface area contributed by atoms with E-state index in [1.54, 1.807) is 6.07 Å². The van der Waals surface area contributed by atoms with Crippen LogP contribution in [-0.2, 0) is 0 Å². The van der Waals surface area contributed by atoms with Crippen molar-refractivity contribution in [1.29, 1.82) is 5.26 Å². The van der Waals surface area contributed by atoms with Crippen molar-refractivity contribution >= 4 is 11.4 Å². The maximum absolute atomic E-state index is 10.8. The summed E-state index contributed by atoms with van der Waals surface area (Å²) in [5.74, 6) is 0.581. The van der Waals surface area contributed by atoms with Crippen LogP contribution in [0, 0.1) is 27.4 Å². The summed E-state index contributed by atoms with van der Waals surface area (Å²) in [7, 11) is 0. The molecule has 1 fully saturated rings. The molecule has 0 N–H and O–H groups in total. The molecule has 0 aliphatic carbocycles. The monoisotopic (exact) mass is 259 g/mol. The van der Waals surface area contributed by atoms with Crippen LogP contribution in [0.1, 0.15) is 32.3 Å². The molecule has 100 valence electrons. The van der Waals surface area contributed by atoms with Gasteiger partial charge in [-0.25, -0.2) is 0 Å². The Labute approximate surface area is 112 Å². The second-order valence-electron chi connectivity index (χ2n) is 5.25. The smallest absolute Gasteiger partial charge is 0.270 e. The first-order valence-electron chi connectivity index (χ1n) is 6.48. The molecule has 0 amide bonds. The second-order valence-corrected chi connectivity index (χ2v) is 5.25. The van der Waals surface area contributed by atoms with Crippen LogP contribution in [0.25, 0.3) is 0 Å². The highest BCUT2D eigenvalue weighted by Gasteiger charge is 2.25. The molecule has 5 nitrogen and oxygen atoms in total. The number of nitrogens with zero attached hydrogens (tertiary/aromatic N) is 3. The summed E-state index contributed by atoms with van der Waals surface area (Å²) >= 11 is 0. The molecule has 1 aromatic rings. The Morgan fingerprint density at radius 3 is 2.79 bits per heavy atom. The van der Waals surface area contributed by atoms with Gasteiger partial charge in [-0.15, -0.1) is 0 Å². The second kappa shape index (κ2) is 5.27. The number of rotatable bonds is 2. The standard InChI is InChI=1S/C14H17N3O2/c1-10-3-4-11(2)16(9-10)14-6-5-13(17(18)19)7-12(14)8-15/h5-7,10-11H,3-4,9H2,1-2H3. The van der Waals surface area contributed by atoms with Crippen LogP contribution in [0.2, 0.25) is 0 Å². The van der Waals surface area contributed by atoms with Crippen LogP contribution in [-0.4, -0.2) is 17.5 Å². The van der Waals surface area contributed by atoms with E-state index in [-0.39, 0.29) is 5.69 Å². The van der Waals surface area contributed by atoms with Crippen molar-refractivity contribution in [2.75, 3.05) is 11.4 Å². The molecule has 0 spiro atoms. The van der Waals surface area contributed by atoms with Gasteiger partial charge < -0.3 is 4.90 Å². The van der Waals surface area contributed by atoms with E-state index in [1.165, 1.54) is 18.6 Å². The third-order valence-corrected chi connectivity index (χ3v) is 3.74. The predicted octanol–water partition coefficient (Wildman–Crippen LogP) is 3.09. The third-order valence-electron chi connectivity index (χ3n) is 3.74. The molecule has 1 saturated heterocycles. The summed E-state index contributed by atoms with van der Waals surface area (Å²) in [6.07, 6.45) is 2.27. The topological polar surface area (TPSA) is 70.2 Å². The zero-order chi connectivity index (χ0) is 14.0. The van der Waals surface area contributed by atoms with E-state index in [4.69, 9.17) is 0 Å². The molecule has 0 aromatic heterocycles. The first-order valence-corrected chi connectivity index (χ1v) is 6.48. The van der Waals surface area contributed by atoms with Crippen molar-refractivity contribution in [3.63, 3.8) is 0 Å². The van der Waals surface area contributed by atoms with Crippen molar-refractivity contribution in [3.05, 3.63) is 33.9 Å². The molecule has 1 aromatic carbocycles. The summed E-state index contributed by atoms with van der Waals surface area (Å²) in [6, 6.07) is 6.98. The highest BCUT2D eigenvalue weighted by atomic mass is 16.6. The molecule has 2 rings (SSSR count). The maximum atomic E-state index is 10.8. The zero-order valence-corrected chi connectivity index (χ0v) is 11.2. The first-order chi connectivity index (χ1) is 9.02. The molecule has 1 aliphatic rings. The highest BCUT2D eigenvalue weighted by Crippen LogP contribution is 2.31. The molecular formula is C14H17N3O2. The molecule has 1 aliphatic heterocycles. The van der Waals surface area contributed by atoms with Crippen LogP contribution in [0.5, 0.6) is 0 Å². The molecule has 19 heavy (non-hydrogen) atoms. The number of anilines is 1. The lowest BCUT2D eigenvalue weighted by molar-refractivity contribution is -0.384. The first kappa shape index (κ1) is 13.3. The number of hydrogen-bond donors (Lipinski definition) is 0. The van der Waals surface area contributed by atoms with Crippen molar-refractivity contribution in [3.8, 4) is 6.07 Å². The molecule has 0 saturated carbocycles. The number of piperidine rings is 1. The van der Waals surface area contributed by atoms with Crippen molar-refractivity contribution in [2.45, 2.75) is 32.7 Å². The van der Waals surface area contributed by atoms with Gasteiger partial charge in [0.2, 0.25) is 0 Å². The number of nitro groups is 1. The van der Waals surface area contributed by atoms with Crippen LogP contribution < -0.4 is 4.90 Å². The normalized spacial score (nSPS) is 22.9. The van der Waals surface area contributed by atoms with Gasteiger partial charge >= 0.3 is 0 Å². The Balaban J connectivity index is 2.39. The van der Waals surface area contributed by atoms with Gasteiger partial charge in [0.05, 0.1) is 16.2 Å². The number of hydrogen-bond acceptors (Lipinski definition) is 4. The Bertz CT molecular complexity index is 536. The van der Waals surface area contributed by atoms with Crippen LogP contribution >= 0.6 is 0 Å². The highest BCUT2D eigenvalue weighted by molar-refractivity contribution is 5.63. The fraction of sp³-hybridized carbons (Fsp3) is 0.500. The van der Waals surface area contributed by atoms with E-state index in [2.05, 4.69) is 24.8 Å².